The van der Waals surface area contributed by atoms with Gasteiger partial charge >= 0.3 is 0 Å². The molecule has 1 aliphatic heterocycles. The molecule has 0 aliphatic carbocycles. The maximum absolute atomic E-state index is 13.0. The number of hydrogen-bond donors (Lipinski definition) is 2. The molecule has 0 radical (unpaired) electrons. The Bertz CT molecular complexity index is 378. The summed E-state index contributed by atoms with van der Waals surface area (Å²) in [4.78, 5) is 0. The first-order chi connectivity index (χ1) is 7.48. The van der Waals surface area contributed by atoms with E-state index in [4.69, 9.17) is 0 Å². The number of benzene rings is 1. The van der Waals surface area contributed by atoms with Crippen LogP contribution in [0.15, 0.2) is 24.3 Å². The van der Waals surface area contributed by atoms with Crippen molar-refractivity contribution in [3.63, 3.8) is 0 Å². The predicted molar refractivity (Wildman–Crippen MR) is 61.6 cm³/mol. The largest absolute Gasteiger partial charge is 0.387 e. The Morgan fingerprint density at radius 1 is 1.50 bits per heavy atom. The summed E-state index contributed by atoms with van der Waals surface area (Å²) in [5.74, 6) is -0.297. The van der Waals surface area contributed by atoms with Gasteiger partial charge in [-0.3, -0.25) is 0 Å². The van der Waals surface area contributed by atoms with E-state index in [1.807, 2.05) is 0 Å². The molecular weight excluding hydrogens is 205 g/mol. The lowest BCUT2D eigenvalue weighted by atomic mass is 10.00. The fourth-order valence-electron chi connectivity index (χ4n) is 2.32. The quantitative estimate of drug-likeness (QED) is 0.807. The first-order valence-corrected chi connectivity index (χ1v) is 5.69. The normalized spacial score (nSPS) is 25.6. The van der Waals surface area contributed by atoms with Crippen molar-refractivity contribution in [3.8, 4) is 0 Å². The summed E-state index contributed by atoms with van der Waals surface area (Å²) >= 11 is 0. The fraction of sp³-hybridized carbons (Fsp3) is 0.538. The molecule has 88 valence electrons. The van der Waals surface area contributed by atoms with E-state index < -0.39 is 6.10 Å². The lowest BCUT2D eigenvalue weighted by molar-refractivity contribution is 0.131. The Kier molecular flexibility index (Phi) is 3.00. The van der Waals surface area contributed by atoms with Gasteiger partial charge < -0.3 is 10.4 Å². The van der Waals surface area contributed by atoms with E-state index in [0.717, 1.165) is 12.8 Å². The highest BCUT2D eigenvalue weighted by atomic mass is 19.1. The molecule has 1 heterocycles. The van der Waals surface area contributed by atoms with E-state index >= 15 is 0 Å². The minimum absolute atomic E-state index is 0.0248. The second kappa shape index (κ2) is 4.15. The second-order valence-electron chi connectivity index (χ2n) is 5.17. The smallest absolute Gasteiger partial charge is 0.123 e. The minimum Gasteiger partial charge on any atom is -0.387 e. The van der Waals surface area contributed by atoms with E-state index in [1.54, 1.807) is 12.1 Å². The highest BCUT2D eigenvalue weighted by Gasteiger charge is 2.34. The van der Waals surface area contributed by atoms with Crippen LogP contribution in [0.4, 0.5) is 4.39 Å². The van der Waals surface area contributed by atoms with Crippen molar-refractivity contribution in [2.75, 3.05) is 0 Å². The Morgan fingerprint density at radius 3 is 2.81 bits per heavy atom. The van der Waals surface area contributed by atoms with Crippen molar-refractivity contribution in [1.29, 1.82) is 0 Å². The molecule has 0 saturated carbocycles. The van der Waals surface area contributed by atoms with E-state index in [9.17, 15) is 9.50 Å². The van der Waals surface area contributed by atoms with Gasteiger partial charge in [0.2, 0.25) is 0 Å². The molecule has 1 aromatic carbocycles. The number of aliphatic hydroxyl groups is 1. The molecule has 1 fully saturated rings. The molecule has 0 amide bonds. The Labute approximate surface area is 95.5 Å². The van der Waals surface area contributed by atoms with Crippen LogP contribution in [0.5, 0.6) is 0 Å². The predicted octanol–water partition coefficient (Wildman–Crippen LogP) is 2.39. The van der Waals surface area contributed by atoms with E-state index in [1.165, 1.54) is 12.1 Å². The van der Waals surface area contributed by atoms with Gasteiger partial charge in [-0.2, -0.15) is 0 Å². The number of aliphatic hydroxyl groups excluding tert-OH is 1. The molecule has 1 aliphatic rings. The zero-order valence-electron chi connectivity index (χ0n) is 9.70. The maximum atomic E-state index is 13.0. The van der Waals surface area contributed by atoms with Crippen molar-refractivity contribution < 1.29 is 9.50 Å². The highest BCUT2D eigenvalue weighted by Crippen LogP contribution is 2.30. The standard InChI is InChI=1S/C13H18FNO/c1-13(2)7-6-11(15-13)12(16)9-4-3-5-10(14)8-9/h3-5,8,11-12,15-16H,6-7H2,1-2H3/t11?,12-/m0/s1. The molecule has 0 bridgehead atoms. The third-order valence-electron chi connectivity index (χ3n) is 3.23. The molecular formula is C13H18FNO. The summed E-state index contributed by atoms with van der Waals surface area (Å²) < 4.78 is 13.0. The van der Waals surface area contributed by atoms with Gasteiger partial charge in [-0.15, -0.1) is 0 Å². The van der Waals surface area contributed by atoms with Crippen molar-refractivity contribution in [2.24, 2.45) is 0 Å². The first kappa shape index (κ1) is 11.6. The monoisotopic (exact) mass is 223 g/mol. The summed E-state index contributed by atoms with van der Waals surface area (Å²) in [5.41, 5.74) is 0.717. The molecule has 16 heavy (non-hydrogen) atoms. The van der Waals surface area contributed by atoms with Gasteiger partial charge in [-0.25, -0.2) is 4.39 Å². The van der Waals surface area contributed by atoms with Gasteiger partial charge in [0.15, 0.2) is 0 Å². The van der Waals surface area contributed by atoms with Gasteiger partial charge in [0.25, 0.3) is 0 Å². The molecule has 2 N–H and O–H groups in total. The summed E-state index contributed by atoms with van der Waals surface area (Å²) in [6.45, 7) is 4.23. The second-order valence-corrected chi connectivity index (χ2v) is 5.17. The van der Waals surface area contributed by atoms with Crippen molar-refractivity contribution >= 4 is 0 Å². The van der Waals surface area contributed by atoms with Gasteiger partial charge in [-0.1, -0.05) is 12.1 Å². The lowest BCUT2D eigenvalue weighted by Gasteiger charge is -2.23. The third-order valence-corrected chi connectivity index (χ3v) is 3.23. The minimum atomic E-state index is -0.627. The molecule has 0 spiro atoms. The maximum Gasteiger partial charge on any atom is 0.123 e. The molecule has 1 unspecified atom stereocenters. The zero-order valence-corrected chi connectivity index (χ0v) is 9.70. The van der Waals surface area contributed by atoms with Crippen LogP contribution in [0.3, 0.4) is 0 Å². The molecule has 0 aromatic heterocycles. The highest BCUT2D eigenvalue weighted by molar-refractivity contribution is 5.21. The van der Waals surface area contributed by atoms with E-state index in [-0.39, 0.29) is 17.4 Å². The third kappa shape index (κ3) is 2.42. The zero-order chi connectivity index (χ0) is 11.8. The topological polar surface area (TPSA) is 32.3 Å². The first-order valence-electron chi connectivity index (χ1n) is 5.69. The molecule has 3 heteroatoms. The van der Waals surface area contributed by atoms with E-state index in [0.29, 0.717) is 5.56 Å². The SMILES string of the molecule is CC1(C)CCC([C@@H](O)c2cccc(F)c2)N1. The molecule has 2 atom stereocenters. The average molecular weight is 223 g/mol. The molecule has 1 aromatic rings. The fourth-order valence-corrected chi connectivity index (χ4v) is 2.32. The van der Waals surface area contributed by atoms with Crippen LogP contribution in [0.25, 0.3) is 0 Å². The Balaban J connectivity index is 2.11. The van der Waals surface area contributed by atoms with Crippen LogP contribution in [0.2, 0.25) is 0 Å². The van der Waals surface area contributed by atoms with Crippen molar-refractivity contribution in [1.82, 2.24) is 5.32 Å². The number of halogens is 1. The van der Waals surface area contributed by atoms with Gasteiger partial charge in [0.05, 0.1) is 6.10 Å². The number of rotatable bonds is 2. The Hall–Kier alpha value is -0.930. The van der Waals surface area contributed by atoms with Crippen LogP contribution < -0.4 is 5.32 Å². The van der Waals surface area contributed by atoms with Crippen LogP contribution in [-0.4, -0.2) is 16.7 Å². The van der Waals surface area contributed by atoms with Crippen LogP contribution in [0, 0.1) is 5.82 Å². The number of hydrogen-bond acceptors (Lipinski definition) is 2. The van der Waals surface area contributed by atoms with E-state index in [2.05, 4.69) is 19.2 Å². The average Bonchev–Trinajstić information content (AvgIpc) is 2.58. The van der Waals surface area contributed by atoms with Crippen LogP contribution in [-0.2, 0) is 0 Å². The summed E-state index contributed by atoms with van der Waals surface area (Å²) in [6.07, 6.45) is 1.33. The molecule has 2 rings (SSSR count). The van der Waals surface area contributed by atoms with Crippen molar-refractivity contribution in [2.45, 2.75) is 44.4 Å². The summed E-state index contributed by atoms with van der Waals surface area (Å²) in [7, 11) is 0. The van der Waals surface area contributed by atoms with Crippen molar-refractivity contribution in [3.05, 3.63) is 35.6 Å². The van der Waals surface area contributed by atoms with Crippen LogP contribution in [0.1, 0.15) is 38.4 Å². The van der Waals surface area contributed by atoms with Crippen LogP contribution >= 0.6 is 0 Å². The summed E-state index contributed by atoms with van der Waals surface area (Å²) in [5, 5.41) is 13.5. The summed E-state index contributed by atoms with van der Waals surface area (Å²) in [6, 6.07) is 6.21. The number of nitrogens with one attached hydrogen (secondary N) is 1. The molecule has 1 saturated heterocycles. The van der Waals surface area contributed by atoms with Gasteiger partial charge in [-0.05, 0) is 44.4 Å². The van der Waals surface area contributed by atoms with Gasteiger partial charge in [0.1, 0.15) is 5.82 Å². The molecule has 2 nitrogen and oxygen atoms in total. The lowest BCUT2D eigenvalue weighted by Crippen LogP contribution is -2.40. The van der Waals surface area contributed by atoms with Gasteiger partial charge in [0, 0.05) is 11.6 Å². The Morgan fingerprint density at radius 2 is 2.25 bits per heavy atom.